The molecule has 0 spiro atoms. The van der Waals surface area contributed by atoms with Crippen molar-refractivity contribution in [3.05, 3.63) is 70.1 Å². The third kappa shape index (κ3) is 4.87. The van der Waals surface area contributed by atoms with Gasteiger partial charge in [-0.1, -0.05) is 24.8 Å². The number of aliphatic hydroxyl groups excluding tert-OH is 1. The minimum Gasteiger partial charge on any atom is -0.503 e. The van der Waals surface area contributed by atoms with Crippen molar-refractivity contribution in [2.45, 2.75) is 19.4 Å². The molecule has 0 aliphatic carbocycles. The molecule has 1 aromatic carbocycles. The van der Waals surface area contributed by atoms with E-state index in [-0.39, 0.29) is 11.4 Å². The number of rotatable bonds is 12. The molecule has 1 unspecified atom stereocenters. The monoisotopic (exact) mass is 457 g/mol. The summed E-state index contributed by atoms with van der Waals surface area (Å²) in [6.07, 6.45) is 2.20. The SMILES string of the molecule is C=CCOc1ccc(C2C(C(=O)c3cccs3)=C(O)C(=O)N2CCCOC)cc1OCC. The first-order valence-electron chi connectivity index (χ1n) is 10.3. The Labute approximate surface area is 191 Å². The minimum absolute atomic E-state index is 0.0667. The third-order valence-corrected chi connectivity index (χ3v) is 5.85. The van der Waals surface area contributed by atoms with Crippen LogP contribution in [0.5, 0.6) is 11.5 Å². The molecule has 1 aliphatic heterocycles. The summed E-state index contributed by atoms with van der Waals surface area (Å²) in [5.41, 5.74) is 0.714. The molecule has 2 aromatic rings. The van der Waals surface area contributed by atoms with Crippen LogP contribution >= 0.6 is 11.3 Å². The van der Waals surface area contributed by atoms with Gasteiger partial charge in [0.2, 0.25) is 5.78 Å². The Morgan fingerprint density at radius 3 is 2.75 bits per heavy atom. The number of ketones is 1. The Hall–Kier alpha value is -3.10. The molecular formula is C24H27NO6S. The van der Waals surface area contributed by atoms with Gasteiger partial charge < -0.3 is 24.2 Å². The summed E-state index contributed by atoms with van der Waals surface area (Å²) in [6, 6.07) is 7.97. The zero-order valence-corrected chi connectivity index (χ0v) is 19.0. The summed E-state index contributed by atoms with van der Waals surface area (Å²) < 4.78 is 16.5. The largest absolute Gasteiger partial charge is 0.503 e. The van der Waals surface area contributed by atoms with Gasteiger partial charge in [0, 0.05) is 20.3 Å². The predicted octanol–water partition coefficient (Wildman–Crippen LogP) is 4.33. The fourth-order valence-electron chi connectivity index (χ4n) is 3.61. The van der Waals surface area contributed by atoms with Gasteiger partial charge in [0.1, 0.15) is 6.61 Å². The van der Waals surface area contributed by atoms with Crippen molar-refractivity contribution < 1.29 is 28.9 Å². The first-order chi connectivity index (χ1) is 15.5. The summed E-state index contributed by atoms with van der Waals surface area (Å²) in [5.74, 6) is -0.433. The van der Waals surface area contributed by atoms with Crippen LogP contribution in [-0.2, 0) is 9.53 Å². The summed E-state index contributed by atoms with van der Waals surface area (Å²) in [5, 5.41) is 12.5. The molecule has 3 rings (SSSR count). The van der Waals surface area contributed by atoms with Crippen molar-refractivity contribution >= 4 is 23.0 Å². The molecule has 170 valence electrons. The highest BCUT2D eigenvalue weighted by atomic mass is 32.1. The van der Waals surface area contributed by atoms with Crippen molar-refractivity contribution in [2.24, 2.45) is 0 Å². The number of hydrogen-bond donors (Lipinski definition) is 1. The second kappa shape index (κ2) is 11.0. The van der Waals surface area contributed by atoms with Crippen molar-refractivity contribution in [3.8, 4) is 11.5 Å². The van der Waals surface area contributed by atoms with E-state index in [0.717, 1.165) is 0 Å². The number of methoxy groups -OCH3 is 1. The Bertz CT molecular complexity index is 998. The second-order valence-electron chi connectivity index (χ2n) is 7.06. The fraction of sp³-hybridized carbons (Fsp3) is 0.333. The van der Waals surface area contributed by atoms with Crippen molar-refractivity contribution in [1.29, 1.82) is 0 Å². The molecule has 32 heavy (non-hydrogen) atoms. The number of hydrogen-bond acceptors (Lipinski definition) is 7. The van der Waals surface area contributed by atoms with Crippen molar-refractivity contribution in [2.75, 3.05) is 33.5 Å². The Morgan fingerprint density at radius 2 is 2.09 bits per heavy atom. The molecule has 1 aliphatic rings. The van der Waals surface area contributed by atoms with E-state index in [9.17, 15) is 14.7 Å². The van der Waals surface area contributed by atoms with Gasteiger partial charge in [-0.3, -0.25) is 9.59 Å². The quantitative estimate of drug-likeness (QED) is 0.290. The highest BCUT2D eigenvalue weighted by Crippen LogP contribution is 2.42. The van der Waals surface area contributed by atoms with Crippen LogP contribution in [0.3, 0.4) is 0 Å². The van der Waals surface area contributed by atoms with Crippen molar-refractivity contribution in [1.82, 2.24) is 4.90 Å². The molecule has 8 heteroatoms. The molecule has 2 heterocycles. The van der Waals surface area contributed by atoms with Crippen LogP contribution in [0.1, 0.15) is 34.6 Å². The Morgan fingerprint density at radius 1 is 1.28 bits per heavy atom. The number of carbonyl (C=O) groups is 2. The lowest BCUT2D eigenvalue weighted by molar-refractivity contribution is -0.129. The highest BCUT2D eigenvalue weighted by Gasteiger charge is 2.44. The lowest BCUT2D eigenvalue weighted by atomic mass is 9.95. The maximum Gasteiger partial charge on any atom is 0.290 e. The molecule has 0 saturated carbocycles. The van der Waals surface area contributed by atoms with E-state index < -0.39 is 17.7 Å². The van der Waals surface area contributed by atoms with Crippen LogP contribution in [0.2, 0.25) is 0 Å². The van der Waals surface area contributed by atoms with Crippen LogP contribution in [0.25, 0.3) is 0 Å². The van der Waals surface area contributed by atoms with Crippen LogP contribution in [-0.4, -0.2) is 55.2 Å². The maximum absolute atomic E-state index is 13.3. The minimum atomic E-state index is -0.749. The lowest BCUT2D eigenvalue weighted by Gasteiger charge is -2.27. The zero-order chi connectivity index (χ0) is 23.1. The van der Waals surface area contributed by atoms with E-state index >= 15 is 0 Å². The Balaban J connectivity index is 2.06. The second-order valence-corrected chi connectivity index (χ2v) is 8.00. The molecule has 0 fully saturated rings. The number of benzene rings is 1. The standard InChI is InChI=1S/C24H27NO6S/c1-4-12-31-17-10-9-16(15-18(17)30-5-2)21-20(22(26)19-8-6-14-32-19)23(27)24(28)25(21)11-7-13-29-3/h4,6,8-10,14-15,21,27H,1,5,7,11-13H2,2-3H3. The number of nitrogens with zero attached hydrogens (tertiary/aromatic N) is 1. The molecule has 1 N–H and O–H groups in total. The topological polar surface area (TPSA) is 85.3 Å². The van der Waals surface area contributed by atoms with E-state index in [0.29, 0.717) is 54.7 Å². The normalized spacial score (nSPS) is 15.9. The van der Waals surface area contributed by atoms with E-state index in [1.807, 2.05) is 6.92 Å². The molecular weight excluding hydrogens is 430 g/mol. The molecule has 1 aromatic heterocycles. The number of amides is 1. The summed E-state index contributed by atoms with van der Waals surface area (Å²) in [7, 11) is 1.58. The Kier molecular flexibility index (Phi) is 8.08. The molecule has 1 atom stereocenters. The van der Waals surface area contributed by atoms with Gasteiger partial charge >= 0.3 is 0 Å². The van der Waals surface area contributed by atoms with E-state index in [1.165, 1.54) is 16.2 Å². The summed E-state index contributed by atoms with van der Waals surface area (Å²) in [4.78, 5) is 28.2. The number of aliphatic hydroxyl groups is 1. The number of thiophene rings is 1. The molecule has 0 saturated heterocycles. The molecule has 1 amide bonds. The van der Waals surface area contributed by atoms with Crippen LogP contribution in [0.4, 0.5) is 0 Å². The lowest BCUT2D eigenvalue weighted by Crippen LogP contribution is -2.32. The summed E-state index contributed by atoms with van der Waals surface area (Å²) in [6.45, 7) is 7.01. The first kappa shape index (κ1) is 23.6. The summed E-state index contributed by atoms with van der Waals surface area (Å²) >= 11 is 1.27. The maximum atomic E-state index is 13.3. The van der Waals surface area contributed by atoms with Crippen LogP contribution in [0.15, 0.2) is 59.7 Å². The predicted molar refractivity (Wildman–Crippen MR) is 123 cm³/mol. The fourth-order valence-corrected chi connectivity index (χ4v) is 4.29. The molecule has 0 radical (unpaired) electrons. The van der Waals surface area contributed by atoms with Gasteiger partial charge in [0.25, 0.3) is 5.91 Å². The number of carbonyl (C=O) groups excluding carboxylic acids is 2. The van der Waals surface area contributed by atoms with Gasteiger partial charge in [-0.15, -0.1) is 11.3 Å². The highest BCUT2D eigenvalue weighted by molar-refractivity contribution is 7.12. The van der Waals surface area contributed by atoms with Crippen LogP contribution < -0.4 is 9.47 Å². The molecule has 0 bridgehead atoms. The average molecular weight is 458 g/mol. The van der Waals surface area contributed by atoms with Gasteiger partial charge in [-0.2, -0.15) is 0 Å². The van der Waals surface area contributed by atoms with Gasteiger partial charge in [-0.25, -0.2) is 0 Å². The van der Waals surface area contributed by atoms with Gasteiger partial charge in [0.15, 0.2) is 17.3 Å². The first-order valence-corrected chi connectivity index (χ1v) is 11.2. The zero-order valence-electron chi connectivity index (χ0n) is 18.2. The number of Topliss-reactive ketones (excluding diaryl/α,β-unsaturated/α-hetero) is 1. The van der Waals surface area contributed by atoms with E-state index in [2.05, 4.69) is 6.58 Å². The average Bonchev–Trinajstić information content (AvgIpc) is 3.41. The van der Waals surface area contributed by atoms with Crippen LogP contribution in [0, 0.1) is 0 Å². The smallest absolute Gasteiger partial charge is 0.290 e. The number of ether oxygens (including phenoxy) is 3. The van der Waals surface area contributed by atoms with Gasteiger partial charge in [-0.05, 0) is 42.5 Å². The van der Waals surface area contributed by atoms with E-state index in [4.69, 9.17) is 14.2 Å². The third-order valence-electron chi connectivity index (χ3n) is 4.98. The molecule has 7 nitrogen and oxygen atoms in total. The van der Waals surface area contributed by atoms with Crippen molar-refractivity contribution in [3.63, 3.8) is 0 Å². The van der Waals surface area contributed by atoms with Gasteiger partial charge in [0.05, 0.1) is 23.1 Å². The van der Waals surface area contributed by atoms with E-state index in [1.54, 1.807) is 48.9 Å².